The predicted molar refractivity (Wildman–Crippen MR) is 61.9 cm³/mol. The van der Waals surface area contributed by atoms with E-state index in [-0.39, 0.29) is 5.91 Å². The molecule has 0 atom stereocenters. The van der Waals surface area contributed by atoms with Crippen LogP contribution < -0.4 is 10.6 Å². The summed E-state index contributed by atoms with van der Waals surface area (Å²) in [7, 11) is 0. The van der Waals surface area contributed by atoms with E-state index in [1.165, 1.54) is 0 Å². The molecule has 2 N–H and O–H groups in total. The molecule has 0 aromatic heterocycles. The van der Waals surface area contributed by atoms with E-state index < -0.39 is 0 Å². The van der Waals surface area contributed by atoms with E-state index in [0.717, 1.165) is 35.5 Å². The molecular formula is C12H16N2O. The summed E-state index contributed by atoms with van der Waals surface area (Å²) in [5.74, 6) is 0.206. The molecule has 0 radical (unpaired) electrons. The number of nitrogens with two attached hydrogens (primary N) is 1. The third-order valence-electron chi connectivity index (χ3n) is 3.08. The summed E-state index contributed by atoms with van der Waals surface area (Å²) in [4.78, 5) is 13.4. The number of hydrogen-bond donors (Lipinski definition) is 1. The van der Waals surface area contributed by atoms with Crippen LogP contribution in [0.5, 0.6) is 0 Å². The van der Waals surface area contributed by atoms with Gasteiger partial charge in [-0.15, -0.1) is 0 Å². The molecule has 0 unspecified atom stereocenters. The predicted octanol–water partition coefficient (Wildman–Crippen LogP) is 2.01. The molecule has 3 nitrogen and oxygen atoms in total. The molecule has 15 heavy (non-hydrogen) atoms. The van der Waals surface area contributed by atoms with Crippen molar-refractivity contribution >= 4 is 17.3 Å². The summed E-state index contributed by atoms with van der Waals surface area (Å²) in [6.45, 7) is 4.84. The Labute approximate surface area is 89.9 Å². The van der Waals surface area contributed by atoms with E-state index >= 15 is 0 Å². The van der Waals surface area contributed by atoms with Gasteiger partial charge in [0.25, 0.3) is 0 Å². The third kappa shape index (κ3) is 1.69. The lowest BCUT2D eigenvalue weighted by molar-refractivity contribution is -0.117. The summed E-state index contributed by atoms with van der Waals surface area (Å²) < 4.78 is 0. The molecule has 1 fully saturated rings. The Morgan fingerprint density at radius 3 is 2.60 bits per heavy atom. The molecule has 1 aromatic rings. The Bertz CT molecular complexity index is 389. The van der Waals surface area contributed by atoms with E-state index in [0.29, 0.717) is 6.42 Å². The second kappa shape index (κ2) is 3.57. The van der Waals surface area contributed by atoms with Gasteiger partial charge in [-0.1, -0.05) is 0 Å². The van der Waals surface area contributed by atoms with Gasteiger partial charge in [0, 0.05) is 24.3 Å². The Kier molecular flexibility index (Phi) is 2.39. The Morgan fingerprint density at radius 1 is 1.33 bits per heavy atom. The standard InChI is InChI=1S/C12H16N2O/c1-8-6-10(7-11(13)9(8)2)14-5-3-4-12(14)15/h6-7H,3-5,13H2,1-2H3. The fraction of sp³-hybridized carbons (Fsp3) is 0.417. The average Bonchev–Trinajstić information content (AvgIpc) is 2.60. The molecule has 1 aliphatic rings. The van der Waals surface area contributed by atoms with Crippen molar-refractivity contribution in [3.63, 3.8) is 0 Å². The zero-order valence-electron chi connectivity index (χ0n) is 9.21. The number of amides is 1. The summed E-state index contributed by atoms with van der Waals surface area (Å²) >= 11 is 0. The molecule has 0 aliphatic carbocycles. The summed E-state index contributed by atoms with van der Waals surface area (Å²) in [6.07, 6.45) is 1.61. The van der Waals surface area contributed by atoms with Gasteiger partial charge in [0.05, 0.1) is 0 Å². The lowest BCUT2D eigenvalue weighted by Crippen LogP contribution is -2.23. The number of carbonyl (C=O) groups excluding carboxylic acids is 1. The van der Waals surface area contributed by atoms with E-state index in [4.69, 9.17) is 5.73 Å². The van der Waals surface area contributed by atoms with Crippen molar-refractivity contribution in [3.8, 4) is 0 Å². The minimum Gasteiger partial charge on any atom is -0.398 e. The van der Waals surface area contributed by atoms with Crippen molar-refractivity contribution in [1.29, 1.82) is 0 Å². The summed E-state index contributed by atoms with van der Waals surface area (Å²) in [6, 6.07) is 3.93. The molecule has 0 bridgehead atoms. The third-order valence-corrected chi connectivity index (χ3v) is 3.08. The van der Waals surface area contributed by atoms with Crippen LogP contribution in [0.2, 0.25) is 0 Å². The molecule has 80 valence electrons. The average molecular weight is 204 g/mol. The van der Waals surface area contributed by atoms with Crippen molar-refractivity contribution in [1.82, 2.24) is 0 Å². The summed E-state index contributed by atoms with van der Waals surface area (Å²) in [5.41, 5.74) is 9.85. The molecule has 1 amide bonds. The van der Waals surface area contributed by atoms with Gasteiger partial charge in [-0.25, -0.2) is 0 Å². The highest BCUT2D eigenvalue weighted by Gasteiger charge is 2.22. The van der Waals surface area contributed by atoms with E-state index in [2.05, 4.69) is 0 Å². The zero-order valence-corrected chi connectivity index (χ0v) is 9.21. The number of nitrogen functional groups attached to an aromatic ring is 1. The van der Waals surface area contributed by atoms with Crippen LogP contribution in [0.3, 0.4) is 0 Å². The monoisotopic (exact) mass is 204 g/mol. The molecule has 0 spiro atoms. The Morgan fingerprint density at radius 2 is 2.07 bits per heavy atom. The van der Waals surface area contributed by atoms with Crippen LogP contribution in [-0.4, -0.2) is 12.5 Å². The number of aryl methyl sites for hydroxylation is 1. The van der Waals surface area contributed by atoms with Crippen LogP contribution in [0.25, 0.3) is 0 Å². The minimum atomic E-state index is 0.206. The van der Waals surface area contributed by atoms with E-state index in [1.54, 1.807) is 0 Å². The highest BCUT2D eigenvalue weighted by atomic mass is 16.2. The smallest absolute Gasteiger partial charge is 0.227 e. The van der Waals surface area contributed by atoms with Crippen molar-refractivity contribution < 1.29 is 4.79 Å². The van der Waals surface area contributed by atoms with Gasteiger partial charge in [-0.2, -0.15) is 0 Å². The van der Waals surface area contributed by atoms with Gasteiger partial charge in [-0.05, 0) is 43.5 Å². The van der Waals surface area contributed by atoms with Gasteiger partial charge < -0.3 is 10.6 Å². The number of hydrogen-bond acceptors (Lipinski definition) is 2. The molecule has 1 heterocycles. The van der Waals surface area contributed by atoms with Crippen molar-refractivity contribution in [2.24, 2.45) is 0 Å². The molecule has 1 aromatic carbocycles. The quantitative estimate of drug-likeness (QED) is 0.711. The van der Waals surface area contributed by atoms with Crippen LogP contribution in [0.4, 0.5) is 11.4 Å². The van der Waals surface area contributed by atoms with Crippen LogP contribution in [-0.2, 0) is 4.79 Å². The van der Waals surface area contributed by atoms with Gasteiger partial charge in [-0.3, -0.25) is 4.79 Å². The lowest BCUT2D eigenvalue weighted by atomic mass is 10.1. The van der Waals surface area contributed by atoms with Gasteiger partial charge >= 0.3 is 0 Å². The summed E-state index contributed by atoms with van der Waals surface area (Å²) in [5, 5.41) is 0. The van der Waals surface area contributed by atoms with Crippen molar-refractivity contribution in [2.45, 2.75) is 26.7 Å². The zero-order chi connectivity index (χ0) is 11.0. The fourth-order valence-corrected chi connectivity index (χ4v) is 1.94. The first-order chi connectivity index (χ1) is 7.09. The van der Waals surface area contributed by atoms with Gasteiger partial charge in [0.15, 0.2) is 0 Å². The van der Waals surface area contributed by atoms with Gasteiger partial charge in [0.2, 0.25) is 5.91 Å². The molecule has 1 aliphatic heterocycles. The van der Waals surface area contributed by atoms with Crippen LogP contribution in [0, 0.1) is 13.8 Å². The van der Waals surface area contributed by atoms with Crippen LogP contribution in [0.1, 0.15) is 24.0 Å². The second-order valence-electron chi connectivity index (χ2n) is 4.13. The maximum absolute atomic E-state index is 11.6. The largest absolute Gasteiger partial charge is 0.398 e. The number of anilines is 2. The Hall–Kier alpha value is -1.51. The van der Waals surface area contributed by atoms with Crippen LogP contribution in [0.15, 0.2) is 12.1 Å². The van der Waals surface area contributed by atoms with Gasteiger partial charge in [0.1, 0.15) is 0 Å². The first-order valence-electron chi connectivity index (χ1n) is 5.26. The fourth-order valence-electron chi connectivity index (χ4n) is 1.94. The number of rotatable bonds is 1. The Balaban J connectivity index is 2.41. The first kappa shape index (κ1) is 10.0. The second-order valence-corrected chi connectivity index (χ2v) is 4.13. The molecule has 3 heteroatoms. The molecule has 2 rings (SSSR count). The lowest BCUT2D eigenvalue weighted by Gasteiger charge is -2.18. The molecule has 0 saturated carbocycles. The number of benzene rings is 1. The molecule has 1 saturated heterocycles. The number of carbonyl (C=O) groups is 1. The first-order valence-corrected chi connectivity index (χ1v) is 5.26. The van der Waals surface area contributed by atoms with Crippen molar-refractivity contribution in [3.05, 3.63) is 23.3 Å². The van der Waals surface area contributed by atoms with E-state index in [1.807, 2.05) is 30.9 Å². The van der Waals surface area contributed by atoms with E-state index in [9.17, 15) is 4.79 Å². The minimum absolute atomic E-state index is 0.206. The highest BCUT2D eigenvalue weighted by Crippen LogP contribution is 2.27. The number of nitrogens with zero attached hydrogens (tertiary/aromatic N) is 1. The maximum atomic E-state index is 11.6. The SMILES string of the molecule is Cc1cc(N2CCCC2=O)cc(N)c1C. The topological polar surface area (TPSA) is 46.3 Å². The molecular weight excluding hydrogens is 188 g/mol. The highest BCUT2D eigenvalue weighted by molar-refractivity contribution is 5.96. The van der Waals surface area contributed by atoms with Crippen molar-refractivity contribution in [2.75, 3.05) is 17.2 Å². The maximum Gasteiger partial charge on any atom is 0.227 e. The normalized spacial score (nSPS) is 16.1. The van der Waals surface area contributed by atoms with Crippen LogP contribution >= 0.6 is 0 Å².